The lowest BCUT2D eigenvalue weighted by Gasteiger charge is -2.17. The third-order valence-corrected chi connectivity index (χ3v) is 3.08. The van der Waals surface area contributed by atoms with Crippen molar-refractivity contribution in [2.24, 2.45) is 0 Å². The highest BCUT2D eigenvalue weighted by atomic mass is 35.5. The molecule has 0 fully saturated rings. The second kappa shape index (κ2) is 5.58. The number of rotatable bonds is 4. The number of benzene rings is 1. The summed E-state index contributed by atoms with van der Waals surface area (Å²) >= 11 is 12.2. The minimum atomic E-state index is -0.0683. The second-order valence-corrected chi connectivity index (χ2v) is 4.52. The predicted octanol–water partition coefficient (Wildman–Crippen LogP) is 4.29. The Morgan fingerprint density at radius 3 is 2.76 bits per heavy atom. The molecule has 1 unspecified atom stereocenters. The van der Waals surface area contributed by atoms with E-state index in [1.165, 1.54) is 0 Å². The van der Waals surface area contributed by atoms with E-state index in [0.29, 0.717) is 10.0 Å². The molecule has 0 aliphatic rings. The van der Waals surface area contributed by atoms with Crippen LogP contribution in [0.2, 0.25) is 10.0 Å². The van der Waals surface area contributed by atoms with Gasteiger partial charge in [0.2, 0.25) is 0 Å². The molecular formula is C13H13Cl2NO. The van der Waals surface area contributed by atoms with E-state index in [-0.39, 0.29) is 6.04 Å². The molecule has 0 bridgehead atoms. The topological polar surface area (TPSA) is 25.2 Å². The first-order chi connectivity index (χ1) is 8.22. The summed E-state index contributed by atoms with van der Waals surface area (Å²) in [6.45, 7) is 2.85. The molecule has 0 amide bonds. The van der Waals surface area contributed by atoms with Gasteiger partial charge in [-0.3, -0.25) is 0 Å². The van der Waals surface area contributed by atoms with Crippen molar-refractivity contribution in [2.75, 3.05) is 6.54 Å². The Kier molecular flexibility index (Phi) is 4.11. The summed E-state index contributed by atoms with van der Waals surface area (Å²) in [7, 11) is 0. The van der Waals surface area contributed by atoms with Crippen LogP contribution < -0.4 is 5.32 Å². The SMILES string of the molecule is CCNC(c1ccco1)c1cc(Cl)ccc1Cl. The van der Waals surface area contributed by atoms with Crippen molar-refractivity contribution in [3.8, 4) is 0 Å². The highest BCUT2D eigenvalue weighted by Crippen LogP contribution is 2.30. The first-order valence-corrected chi connectivity index (χ1v) is 6.19. The van der Waals surface area contributed by atoms with Crippen LogP contribution >= 0.6 is 23.2 Å². The minimum Gasteiger partial charge on any atom is -0.467 e. The Balaban J connectivity index is 2.42. The summed E-state index contributed by atoms with van der Waals surface area (Å²) in [5.41, 5.74) is 0.927. The van der Waals surface area contributed by atoms with Gasteiger partial charge in [0.15, 0.2) is 0 Å². The fraction of sp³-hybridized carbons (Fsp3) is 0.231. The standard InChI is InChI=1S/C13H13Cl2NO/c1-2-16-13(12-4-3-7-17-12)10-8-9(14)5-6-11(10)15/h3-8,13,16H,2H2,1H3. The van der Waals surface area contributed by atoms with Crippen LogP contribution in [-0.2, 0) is 0 Å². The summed E-state index contributed by atoms with van der Waals surface area (Å²) in [6.07, 6.45) is 1.65. The lowest BCUT2D eigenvalue weighted by Crippen LogP contribution is -2.21. The molecule has 4 heteroatoms. The number of hydrogen-bond acceptors (Lipinski definition) is 2. The molecule has 17 heavy (non-hydrogen) atoms. The van der Waals surface area contributed by atoms with Crippen LogP contribution in [0.4, 0.5) is 0 Å². The van der Waals surface area contributed by atoms with E-state index in [1.807, 2.05) is 25.1 Å². The van der Waals surface area contributed by atoms with Gasteiger partial charge in [-0.05, 0) is 42.4 Å². The van der Waals surface area contributed by atoms with E-state index >= 15 is 0 Å². The van der Waals surface area contributed by atoms with Gasteiger partial charge < -0.3 is 9.73 Å². The van der Waals surface area contributed by atoms with Gasteiger partial charge in [-0.2, -0.15) is 0 Å². The number of furan rings is 1. The maximum Gasteiger partial charge on any atom is 0.125 e. The van der Waals surface area contributed by atoms with Crippen LogP contribution in [-0.4, -0.2) is 6.54 Å². The minimum absolute atomic E-state index is 0.0683. The predicted molar refractivity (Wildman–Crippen MR) is 70.7 cm³/mol. The summed E-state index contributed by atoms with van der Waals surface area (Å²) in [5, 5.41) is 4.68. The molecule has 0 saturated heterocycles. The Morgan fingerprint density at radius 2 is 2.12 bits per heavy atom. The summed E-state index contributed by atoms with van der Waals surface area (Å²) in [6, 6.07) is 9.15. The van der Waals surface area contributed by atoms with Crippen LogP contribution in [0.25, 0.3) is 0 Å². The molecular weight excluding hydrogens is 257 g/mol. The van der Waals surface area contributed by atoms with Gasteiger partial charge in [0.1, 0.15) is 5.76 Å². The monoisotopic (exact) mass is 269 g/mol. The molecule has 0 aliphatic carbocycles. The molecule has 0 spiro atoms. The molecule has 0 aliphatic heterocycles. The molecule has 1 aromatic heterocycles. The van der Waals surface area contributed by atoms with Crippen LogP contribution in [0.15, 0.2) is 41.0 Å². The van der Waals surface area contributed by atoms with Gasteiger partial charge in [-0.15, -0.1) is 0 Å². The third-order valence-electron chi connectivity index (χ3n) is 2.50. The molecule has 2 rings (SSSR count). The van der Waals surface area contributed by atoms with Crippen LogP contribution in [0.3, 0.4) is 0 Å². The van der Waals surface area contributed by atoms with Crippen molar-refractivity contribution in [3.05, 3.63) is 58.0 Å². The maximum absolute atomic E-state index is 6.20. The Bertz CT molecular complexity index is 482. The Morgan fingerprint density at radius 1 is 1.29 bits per heavy atom. The van der Waals surface area contributed by atoms with E-state index in [9.17, 15) is 0 Å². The Labute approximate surface area is 111 Å². The normalized spacial score (nSPS) is 12.6. The van der Waals surface area contributed by atoms with E-state index in [0.717, 1.165) is 17.9 Å². The number of hydrogen-bond donors (Lipinski definition) is 1. The van der Waals surface area contributed by atoms with E-state index < -0.39 is 0 Å². The lowest BCUT2D eigenvalue weighted by atomic mass is 10.0. The zero-order valence-corrected chi connectivity index (χ0v) is 10.9. The highest BCUT2D eigenvalue weighted by Gasteiger charge is 2.18. The van der Waals surface area contributed by atoms with Crippen molar-refractivity contribution in [2.45, 2.75) is 13.0 Å². The summed E-state index contributed by atoms with van der Waals surface area (Å²) in [4.78, 5) is 0. The average Bonchev–Trinajstić information content (AvgIpc) is 2.83. The van der Waals surface area contributed by atoms with Crippen molar-refractivity contribution in [1.29, 1.82) is 0 Å². The van der Waals surface area contributed by atoms with E-state index in [2.05, 4.69) is 5.32 Å². The first kappa shape index (κ1) is 12.5. The summed E-state index contributed by atoms with van der Waals surface area (Å²) in [5.74, 6) is 0.830. The molecule has 1 heterocycles. The summed E-state index contributed by atoms with van der Waals surface area (Å²) < 4.78 is 5.43. The van der Waals surface area contributed by atoms with E-state index in [4.69, 9.17) is 27.6 Å². The van der Waals surface area contributed by atoms with Gasteiger partial charge in [0.25, 0.3) is 0 Å². The molecule has 2 aromatic rings. The van der Waals surface area contributed by atoms with Gasteiger partial charge in [0.05, 0.1) is 12.3 Å². The zero-order valence-electron chi connectivity index (χ0n) is 9.41. The van der Waals surface area contributed by atoms with Crippen molar-refractivity contribution >= 4 is 23.2 Å². The molecule has 1 aromatic carbocycles. The molecule has 2 nitrogen and oxygen atoms in total. The van der Waals surface area contributed by atoms with Crippen LogP contribution in [0.1, 0.15) is 24.3 Å². The molecule has 1 N–H and O–H groups in total. The van der Waals surface area contributed by atoms with Crippen molar-refractivity contribution < 1.29 is 4.42 Å². The first-order valence-electron chi connectivity index (χ1n) is 5.44. The van der Waals surface area contributed by atoms with Gasteiger partial charge in [-0.1, -0.05) is 30.1 Å². The van der Waals surface area contributed by atoms with Crippen molar-refractivity contribution in [1.82, 2.24) is 5.32 Å². The van der Waals surface area contributed by atoms with Gasteiger partial charge >= 0.3 is 0 Å². The highest BCUT2D eigenvalue weighted by molar-refractivity contribution is 6.33. The molecule has 90 valence electrons. The smallest absolute Gasteiger partial charge is 0.125 e. The van der Waals surface area contributed by atoms with Gasteiger partial charge in [-0.25, -0.2) is 0 Å². The molecule has 1 atom stereocenters. The quantitative estimate of drug-likeness (QED) is 0.896. The van der Waals surface area contributed by atoms with Crippen LogP contribution in [0, 0.1) is 0 Å². The third kappa shape index (κ3) is 2.83. The second-order valence-electron chi connectivity index (χ2n) is 3.67. The van der Waals surface area contributed by atoms with Crippen molar-refractivity contribution in [3.63, 3.8) is 0 Å². The zero-order chi connectivity index (χ0) is 12.3. The van der Waals surface area contributed by atoms with Gasteiger partial charge in [0, 0.05) is 10.0 Å². The number of halogens is 2. The molecule has 0 radical (unpaired) electrons. The maximum atomic E-state index is 6.20. The molecule has 0 saturated carbocycles. The fourth-order valence-corrected chi connectivity index (χ4v) is 2.17. The number of nitrogens with one attached hydrogen (secondary N) is 1. The fourth-order valence-electron chi connectivity index (χ4n) is 1.76. The van der Waals surface area contributed by atoms with E-state index in [1.54, 1.807) is 18.4 Å². The average molecular weight is 270 g/mol. The van der Waals surface area contributed by atoms with Crippen LogP contribution in [0.5, 0.6) is 0 Å². The lowest BCUT2D eigenvalue weighted by molar-refractivity contribution is 0.452. The largest absolute Gasteiger partial charge is 0.467 e. The Hall–Kier alpha value is -0.960.